The lowest BCUT2D eigenvalue weighted by atomic mass is 10.1. The normalized spacial score (nSPS) is 10.9. The summed E-state index contributed by atoms with van der Waals surface area (Å²) in [6.45, 7) is 1.77. The lowest BCUT2D eigenvalue weighted by molar-refractivity contribution is 0.249. The molecule has 0 saturated carbocycles. The van der Waals surface area contributed by atoms with Crippen LogP contribution in [0.4, 0.5) is 4.79 Å². The predicted molar refractivity (Wildman–Crippen MR) is 77.9 cm³/mol. The smallest absolute Gasteiger partial charge is 0.332 e. The first-order chi connectivity index (χ1) is 9.66. The summed E-state index contributed by atoms with van der Waals surface area (Å²) in [5.74, 6) is 1.39. The molecular formula is C15H15N3O2. The Hall–Kier alpha value is -2.82. The van der Waals surface area contributed by atoms with Gasteiger partial charge in [-0.05, 0) is 31.2 Å². The van der Waals surface area contributed by atoms with Crippen molar-refractivity contribution in [3.05, 3.63) is 60.2 Å². The molecule has 0 radical (unpaired) electrons. The monoisotopic (exact) mass is 269 g/mol. The third-order valence-electron chi connectivity index (χ3n) is 2.58. The molecule has 0 bridgehead atoms. The Morgan fingerprint density at radius 2 is 1.75 bits per heavy atom. The molecule has 0 unspecified atom stereocenters. The zero-order chi connectivity index (χ0) is 14.4. The van der Waals surface area contributed by atoms with E-state index in [4.69, 9.17) is 10.5 Å². The van der Waals surface area contributed by atoms with Crippen molar-refractivity contribution < 1.29 is 9.53 Å². The molecule has 0 spiro atoms. The van der Waals surface area contributed by atoms with Crippen molar-refractivity contribution in [2.75, 3.05) is 0 Å². The molecule has 2 aromatic rings. The molecule has 102 valence electrons. The number of nitrogens with one attached hydrogen (secondary N) is 1. The van der Waals surface area contributed by atoms with E-state index in [-0.39, 0.29) is 0 Å². The number of hydrogen-bond acceptors (Lipinski definition) is 3. The Labute approximate surface area is 117 Å². The summed E-state index contributed by atoms with van der Waals surface area (Å²) in [5.41, 5.74) is 8.59. The van der Waals surface area contributed by atoms with Crippen molar-refractivity contribution in [2.24, 2.45) is 10.8 Å². The minimum absolute atomic E-state index is 0.607. The summed E-state index contributed by atoms with van der Waals surface area (Å²) in [6, 6.07) is 16.2. The van der Waals surface area contributed by atoms with Gasteiger partial charge in [0.1, 0.15) is 11.5 Å². The molecule has 0 fully saturated rings. The van der Waals surface area contributed by atoms with Crippen molar-refractivity contribution in [2.45, 2.75) is 6.92 Å². The highest BCUT2D eigenvalue weighted by atomic mass is 16.5. The summed E-state index contributed by atoms with van der Waals surface area (Å²) in [5, 5.41) is 3.91. The highest BCUT2D eigenvalue weighted by Gasteiger charge is 2.07. The van der Waals surface area contributed by atoms with Crippen LogP contribution in [0.2, 0.25) is 0 Å². The van der Waals surface area contributed by atoms with E-state index in [0.717, 1.165) is 11.3 Å². The minimum Gasteiger partial charge on any atom is -0.457 e. The summed E-state index contributed by atoms with van der Waals surface area (Å²) in [6.07, 6.45) is 0. The van der Waals surface area contributed by atoms with Gasteiger partial charge in [-0.25, -0.2) is 10.2 Å². The molecule has 5 nitrogen and oxygen atoms in total. The molecule has 2 aromatic carbocycles. The maximum absolute atomic E-state index is 10.7. The zero-order valence-electron chi connectivity index (χ0n) is 11.0. The number of para-hydroxylation sites is 2. The Kier molecular flexibility index (Phi) is 4.34. The van der Waals surface area contributed by atoms with Crippen molar-refractivity contribution in [3.8, 4) is 11.5 Å². The van der Waals surface area contributed by atoms with Crippen molar-refractivity contribution in [1.29, 1.82) is 0 Å². The second kappa shape index (κ2) is 6.38. The fourth-order valence-corrected chi connectivity index (χ4v) is 1.67. The second-order valence-corrected chi connectivity index (χ2v) is 4.08. The van der Waals surface area contributed by atoms with Crippen LogP contribution in [0, 0.1) is 0 Å². The molecule has 0 aliphatic rings. The van der Waals surface area contributed by atoms with Gasteiger partial charge in [0.2, 0.25) is 0 Å². The summed E-state index contributed by atoms with van der Waals surface area (Å²) in [4.78, 5) is 10.7. The molecule has 5 heteroatoms. The molecule has 0 aromatic heterocycles. The molecule has 0 aliphatic carbocycles. The van der Waals surface area contributed by atoms with Crippen LogP contribution in [-0.2, 0) is 0 Å². The lowest BCUT2D eigenvalue weighted by Gasteiger charge is -2.10. The van der Waals surface area contributed by atoms with Crippen LogP contribution in [-0.4, -0.2) is 11.7 Å². The van der Waals surface area contributed by atoms with Gasteiger partial charge in [0.25, 0.3) is 0 Å². The molecule has 2 amide bonds. The molecular weight excluding hydrogens is 254 g/mol. The van der Waals surface area contributed by atoms with Crippen molar-refractivity contribution in [1.82, 2.24) is 5.43 Å². The van der Waals surface area contributed by atoms with Gasteiger partial charge < -0.3 is 10.5 Å². The van der Waals surface area contributed by atoms with Crippen LogP contribution in [0.5, 0.6) is 11.5 Å². The molecule has 2 rings (SSSR count). The van der Waals surface area contributed by atoms with Gasteiger partial charge in [0.05, 0.1) is 5.71 Å². The third-order valence-corrected chi connectivity index (χ3v) is 2.58. The second-order valence-electron chi connectivity index (χ2n) is 4.08. The zero-order valence-corrected chi connectivity index (χ0v) is 11.0. The van der Waals surface area contributed by atoms with Crippen molar-refractivity contribution in [3.63, 3.8) is 0 Å². The molecule has 3 N–H and O–H groups in total. The fourth-order valence-electron chi connectivity index (χ4n) is 1.67. The average molecular weight is 269 g/mol. The molecule has 20 heavy (non-hydrogen) atoms. The Morgan fingerprint density at radius 3 is 2.45 bits per heavy atom. The maximum atomic E-state index is 10.7. The number of urea groups is 1. The third kappa shape index (κ3) is 3.58. The number of carbonyl (C=O) groups is 1. The molecule has 0 aliphatic heterocycles. The van der Waals surface area contributed by atoms with Crippen molar-refractivity contribution >= 4 is 11.7 Å². The Balaban J connectivity index is 2.26. The SMILES string of the molecule is C/C(=N/NC(N)=O)c1ccccc1Oc1ccccc1. The number of nitrogens with zero attached hydrogens (tertiary/aromatic N) is 1. The first-order valence-corrected chi connectivity index (χ1v) is 6.09. The van der Waals surface area contributed by atoms with Gasteiger partial charge in [-0.15, -0.1) is 0 Å². The largest absolute Gasteiger partial charge is 0.457 e. The lowest BCUT2D eigenvalue weighted by Crippen LogP contribution is -2.25. The highest BCUT2D eigenvalue weighted by Crippen LogP contribution is 2.25. The predicted octanol–water partition coefficient (Wildman–Crippen LogP) is 2.87. The number of nitrogens with two attached hydrogens (primary N) is 1. The van der Waals surface area contributed by atoms with Crippen LogP contribution >= 0.6 is 0 Å². The standard InChI is InChI=1S/C15H15N3O2/c1-11(17-18-15(16)19)13-9-5-6-10-14(13)20-12-7-3-2-4-8-12/h2-10H,1H3,(H3,16,18,19)/b17-11-. The van der Waals surface area contributed by atoms with E-state index in [9.17, 15) is 4.79 Å². The fraction of sp³-hybridized carbons (Fsp3) is 0.0667. The van der Waals surface area contributed by atoms with E-state index in [2.05, 4.69) is 10.5 Å². The number of benzene rings is 2. The number of carbonyl (C=O) groups excluding carboxylic acids is 1. The van der Waals surface area contributed by atoms with Gasteiger partial charge in [-0.2, -0.15) is 5.10 Å². The van der Waals surface area contributed by atoms with E-state index >= 15 is 0 Å². The number of hydrogen-bond donors (Lipinski definition) is 2. The van der Waals surface area contributed by atoms with Crippen LogP contribution < -0.4 is 15.9 Å². The Bertz CT molecular complexity index is 624. The number of amides is 2. The van der Waals surface area contributed by atoms with Crippen LogP contribution in [0.15, 0.2) is 59.7 Å². The van der Waals surface area contributed by atoms with E-state index in [1.807, 2.05) is 54.6 Å². The molecule has 0 atom stereocenters. The molecule has 0 saturated heterocycles. The summed E-state index contributed by atoms with van der Waals surface area (Å²) >= 11 is 0. The number of hydrazone groups is 1. The average Bonchev–Trinajstić information content (AvgIpc) is 2.46. The molecule has 0 heterocycles. The van der Waals surface area contributed by atoms with Gasteiger partial charge in [-0.1, -0.05) is 30.3 Å². The topological polar surface area (TPSA) is 76.7 Å². The quantitative estimate of drug-likeness (QED) is 0.661. The maximum Gasteiger partial charge on any atom is 0.332 e. The van der Waals surface area contributed by atoms with Gasteiger partial charge >= 0.3 is 6.03 Å². The summed E-state index contributed by atoms with van der Waals surface area (Å²) < 4.78 is 5.81. The van der Waals surface area contributed by atoms with Crippen LogP contribution in [0.25, 0.3) is 0 Å². The first-order valence-electron chi connectivity index (χ1n) is 6.09. The highest BCUT2D eigenvalue weighted by molar-refractivity contribution is 6.01. The summed E-state index contributed by atoms with van der Waals surface area (Å²) in [7, 11) is 0. The number of ether oxygens (including phenoxy) is 1. The van der Waals surface area contributed by atoms with Gasteiger partial charge in [0.15, 0.2) is 0 Å². The van der Waals surface area contributed by atoms with E-state index in [0.29, 0.717) is 11.5 Å². The number of primary amides is 1. The van der Waals surface area contributed by atoms with E-state index in [1.165, 1.54) is 0 Å². The van der Waals surface area contributed by atoms with Crippen LogP contribution in [0.1, 0.15) is 12.5 Å². The first kappa shape index (κ1) is 13.6. The van der Waals surface area contributed by atoms with E-state index in [1.54, 1.807) is 6.92 Å². The van der Waals surface area contributed by atoms with E-state index < -0.39 is 6.03 Å². The Morgan fingerprint density at radius 1 is 1.10 bits per heavy atom. The van der Waals surface area contributed by atoms with Gasteiger partial charge in [0, 0.05) is 5.56 Å². The van der Waals surface area contributed by atoms with Crippen LogP contribution in [0.3, 0.4) is 0 Å². The van der Waals surface area contributed by atoms with Gasteiger partial charge in [-0.3, -0.25) is 0 Å². The minimum atomic E-state index is -0.703. The number of rotatable bonds is 4.